The van der Waals surface area contributed by atoms with E-state index in [9.17, 15) is 9.59 Å². The molecule has 2 aromatic carbocycles. The standard InChI is InChI=1S/C19H18N2O5/c1-11(22)13-4-6-17(18(8-13)24-3)25-10-19(23)21-14-5-7-16-15(9-14)20-12(2)26-16/h4-9H,10H2,1-3H3,(H,21,23). The van der Waals surface area contributed by atoms with Gasteiger partial charge in [-0.3, -0.25) is 9.59 Å². The van der Waals surface area contributed by atoms with Crippen LogP contribution in [0, 0.1) is 6.92 Å². The second-order valence-electron chi connectivity index (χ2n) is 5.67. The SMILES string of the molecule is COc1cc(C(C)=O)ccc1OCC(=O)Nc1ccc2oc(C)nc2c1. The van der Waals surface area contributed by atoms with E-state index in [1.807, 2.05) is 0 Å². The number of oxazole rings is 1. The van der Waals surface area contributed by atoms with Gasteiger partial charge in [0.1, 0.15) is 5.52 Å². The normalized spacial score (nSPS) is 10.6. The van der Waals surface area contributed by atoms with Crippen LogP contribution in [-0.2, 0) is 4.79 Å². The minimum atomic E-state index is -0.331. The molecule has 1 amide bonds. The fourth-order valence-electron chi connectivity index (χ4n) is 2.47. The quantitative estimate of drug-likeness (QED) is 0.683. The number of aromatic nitrogens is 1. The number of hydrogen-bond donors (Lipinski definition) is 1. The van der Waals surface area contributed by atoms with Gasteiger partial charge in [-0.2, -0.15) is 0 Å². The van der Waals surface area contributed by atoms with Crippen molar-refractivity contribution in [3.05, 3.63) is 47.9 Å². The summed E-state index contributed by atoms with van der Waals surface area (Å²) in [6.45, 7) is 3.03. The molecule has 3 aromatic rings. The van der Waals surface area contributed by atoms with Gasteiger partial charge < -0.3 is 19.2 Å². The molecule has 0 saturated heterocycles. The van der Waals surface area contributed by atoms with Crippen molar-refractivity contribution in [2.24, 2.45) is 0 Å². The molecule has 0 aliphatic rings. The molecule has 3 rings (SSSR count). The fraction of sp³-hybridized carbons (Fsp3) is 0.211. The molecule has 0 radical (unpaired) electrons. The summed E-state index contributed by atoms with van der Waals surface area (Å²) in [6.07, 6.45) is 0. The molecule has 0 aliphatic heterocycles. The van der Waals surface area contributed by atoms with E-state index < -0.39 is 0 Å². The molecule has 0 atom stereocenters. The van der Waals surface area contributed by atoms with Crippen molar-refractivity contribution in [3.8, 4) is 11.5 Å². The van der Waals surface area contributed by atoms with Crippen LogP contribution in [0.5, 0.6) is 11.5 Å². The number of Topliss-reactive ketones (excluding diaryl/α,β-unsaturated/α-hetero) is 1. The van der Waals surface area contributed by atoms with Crippen molar-refractivity contribution in [1.82, 2.24) is 4.98 Å². The van der Waals surface area contributed by atoms with Crippen LogP contribution < -0.4 is 14.8 Å². The van der Waals surface area contributed by atoms with Crippen molar-refractivity contribution in [3.63, 3.8) is 0 Å². The second-order valence-corrected chi connectivity index (χ2v) is 5.67. The summed E-state index contributed by atoms with van der Waals surface area (Å²) in [4.78, 5) is 27.8. The number of carbonyl (C=O) groups is 2. The van der Waals surface area contributed by atoms with Crippen molar-refractivity contribution in [1.29, 1.82) is 0 Å². The van der Waals surface area contributed by atoms with E-state index in [0.29, 0.717) is 39.7 Å². The van der Waals surface area contributed by atoms with Crippen molar-refractivity contribution < 1.29 is 23.5 Å². The van der Waals surface area contributed by atoms with Gasteiger partial charge in [-0.1, -0.05) is 0 Å². The molecule has 1 heterocycles. The predicted octanol–water partition coefficient (Wildman–Crippen LogP) is 3.36. The summed E-state index contributed by atoms with van der Waals surface area (Å²) in [6, 6.07) is 10.0. The Bertz CT molecular complexity index is 977. The molecule has 26 heavy (non-hydrogen) atoms. The van der Waals surface area contributed by atoms with Crippen molar-refractivity contribution in [2.45, 2.75) is 13.8 Å². The van der Waals surface area contributed by atoms with Gasteiger partial charge in [0.2, 0.25) is 0 Å². The van der Waals surface area contributed by atoms with Crippen LogP contribution in [0.1, 0.15) is 23.2 Å². The van der Waals surface area contributed by atoms with Gasteiger partial charge in [-0.05, 0) is 43.3 Å². The summed E-state index contributed by atoms with van der Waals surface area (Å²) in [5.74, 6) is 0.932. The first-order chi connectivity index (χ1) is 12.5. The van der Waals surface area contributed by atoms with Gasteiger partial charge in [-0.25, -0.2) is 4.98 Å². The van der Waals surface area contributed by atoms with Gasteiger partial charge in [0.05, 0.1) is 7.11 Å². The molecule has 1 N–H and O–H groups in total. The summed E-state index contributed by atoms with van der Waals surface area (Å²) >= 11 is 0. The van der Waals surface area contributed by atoms with Crippen molar-refractivity contribution >= 4 is 28.5 Å². The highest BCUT2D eigenvalue weighted by atomic mass is 16.5. The molecular weight excluding hydrogens is 336 g/mol. The Morgan fingerprint density at radius 3 is 2.69 bits per heavy atom. The summed E-state index contributed by atoms with van der Waals surface area (Å²) in [7, 11) is 1.47. The van der Waals surface area contributed by atoms with Crippen LogP contribution >= 0.6 is 0 Å². The van der Waals surface area contributed by atoms with E-state index in [1.54, 1.807) is 43.3 Å². The number of fused-ring (bicyclic) bond motifs is 1. The number of methoxy groups -OCH3 is 1. The van der Waals surface area contributed by atoms with Gasteiger partial charge in [0, 0.05) is 18.2 Å². The lowest BCUT2D eigenvalue weighted by atomic mass is 10.1. The molecule has 0 aliphatic carbocycles. The second kappa shape index (κ2) is 7.26. The summed E-state index contributed by atoms with van der Waals surface area (Å²) < 4.78 is 16.1. The number of rotatable bonds is 6. The maximum Gasteiger partial charge on any atom is 0.262 e. The van der Waals surface area contributed by atoms with Crippen molar-refractivity contribution in [2.75, 3.05) is 19.0 Å². The third-order valence-corrected chi connectivity index (χ3v) is 3.71. The number of benzene rings is 2. The highest BCUT2D eigenvalue weighted by molar-refractivity contribution is 5.95. The first kappa shape index (κ1) is 17.5. The molecule has 0 fully saturated rings. The smallest absolute Gasteiger partial charge is 0.262 e. The number of hydrogen-bond acceptors (Lipinski definition) is 6. The molecule has 0 spiro atoms. The Morgan fingerprint density at radius 1 is 1.15 bits per heavy atom. The number of amides is 1. The zero-order valence-corrected chi connectivity index (χ0v) is 14.7. The van der Waals surface area contributed by atoms with E-state index in [-0.39, 0.29) is 18.3 Å². The highest BCUT2D eigenvalue weighted by Crippen LogP contribution is 2.28. The lowest BCUT2D eigenvalue weighted by molar-refractivity contribution is -0.118. The van der Waals surface area contributed by atoms with Gasteiger partial charge in [-0.15, -0.1) is 0 Å². The van der Waals surface area contributed by atoms with E-state index in [2.05, 4.69) is 10.3 Å². The lowest BCUT2D eigenvalue weighted by Crippen LogP contribution is -2.20. The molecule has 0 bridgehead atoms. The monoisotopic (exact) mass is 354 g/mol. The maximum absolute atomic E-state index is 12.1. The first-order valence-electron chi connectivity index (χ1n) is 7.95. The minimum Gasteiger partial charge on any atom is -0.493 e. The molecule has 1 aromatic heterocycles. The van der Waals surface area contributed by atoms with Crippen LogP contribution in [0.25, 0.3) is 11.1 Å². The van der Waals surface area contributed by atoms with E-state index in [4.69, 9.17) is 13.9 Å². The number of anilines is 1. The number of ketones is 1. The largest absolute Gasteiger partial charge is 0.493 e. The Balaban J connectivity index is 1.65. The zero-order valence-electron chi connectivity index (χ0n) is 14.7. The van der Waals surface area contributed by atoms with Crippen LogP contribution in [-0.4, -0.2) is 30.4 Å². The van der Waals surface area contributed by atoms with Crippen LogP contribution in [0.2, 0.25) is 0 Å². The van der Waals surface area contributed by atoms with Gasteiger partial charge in [0.25, 0.3) is 5.91 Å². The summed E-state index contributed by atoms with van der Waals surface area (Å²) in [5.41, 5.74) is 2.43. The maximum atomic E-state index is 12.1. The van der Waals surface area contributed by atoms with E-state index in [0.717, 1.165) is 0 Å². The fourth-order valence-corrected chi connectivity index (χ4v) is 2.47. The average molecular weight is 354 g/mol. The third kappa shape index (κ3) is 3.83. The van der Waals surface area contributed by atoms with E-state index in [1.165, 1.54) is 14.0 Å². The topological polar surface area (TPSA) is 90.7 Å². The summed E-state index contributed by atoms with van der Waals surface area (Å²) in [5, 5.41) is 2.74. The number of nitrogens with one attached hydrogen (secondary N) is 1. The van der Waals surface area contributed by atoms with E-state index >= 15 is 0 Å². The Labute approximate surface area is 149 Å². The molecule has 7 nitrogen and oxygen atoms in total. The molecular formula is C19H18N2O5. The Hall–Kier alpha value is -3.35. The number of aryl methyl sites for hydroxylation is 1. The lowest BCUT2D eigenvalue weighted by Gasteiger charge is -2.11. The number of carbonyl (C=O) groups excluding carboxylic acids is 2. The highest BCUT2D eigenvalue weighted by Gasteiger charge is 2.11. The van der Waals surface area contributed by atoms with Gasteiger partial charge >= 0.3 is 0 Å². The first-order valence-corrected chi connectivity index (χ1v) is 7.95. The Kier molecular flexibility index (Phi) is 4.88. The molecule has 7 heteroatoms. The van der Waals surface area contributed by atoms with Crippen LogP contribution in [0.3, 0.4) is 0 Å². The number of ether oxygens (including phenoxy) is 2. The third-order valence-electron chi connectivity index (χ3n) is 3.71. The predicted molar refractivity (Wildman–Crippen MR) is 95.9 cm³/mol. The minimum absolute atomic E-state index is 0.0777. The van der Waals surface area contributed by atoms with Gasteiger partial charge in [0.15, 0.2) is 35.4 Å². The van der Waals surface area contributed by atoms with Crippen LogP contribution in [0.15, 0.2) is 40.8 Å². The molecule has 0 unspecified atom stereocenters. The zero-order chi connectivity index (χ0) is 18.7. The number of nitrogens with zero attached hydrogens (tertiary/aromatic N) is 1. The van der Waals surface area contributed by atoms with Crippen LogP contribution in [0.4, 0.5) is 5.69 Å². The average Bonchev–Trinajstić information content (AvgIpc) is 2.99. The Morgan fingerprint density at radius 2 is 1.96 bits per heavy atom. The molecule has 0 saturated carbocycles. The molecule has 134 valence electrons.